The number of nitrogens with zero attached hydrogens (tertiary/aromatic N) is 3. The van der Waals surface area contributed by atoms with Crippen molar-refractivity contribution in [2.75, 3.05) is 27.2 Å². The summed E-state index contributed by atoms with van der Waals surface area (Å²) in [6, 6.07) is 21.5. The zero-order chi connectivity index (χ0) is 16.2. The SMILES string of the molecule is CN1C(=NCCO)N(C)[C@@H](c2ccccc2)[C@@H]1c1ccccc1. The Labute approximate surface area is 137 Å². The second-order valence-electron chi connectivity index (χ2n) is 5.84. The summed E-state index contributed by atoms with van der Waals surface area (Å²) in [5.74, 6) is 0.918. The number of aliphatic hydroxyl groups is 1. The fourth-order valence-electron chi connectivity index (χ4n) is 3.41. The summed E-state index contributed by atoms with van der Waals surface area (Å²) in [4.78, 5) is 9.00. The van der Waals surface area contributed by atoms with Crippen molar-refractivity contribution in [2.45, 2.75) is 12.1 Å². The molecular weight excluding hydrogens is 286 g/mol. The van der Waals surface area contributed by atoms with Crippen LogP contribution in [0.5, 0.6) is 0 Å². The van der Waals surface area contributed by atoms with Gasteiger partial charge in [0.1, 0.15) is 0 Å². The molecule has 4 nitrogen and oxygen atoms in total. The normalized spacial score (nSPS) is 20.9. The smallest absolute Gasteiger partial charge is 0.197 e. The van der Waals surface area contributed by atoms with E-state index in [1.807, 2.05) is 12.1 Å². The highest BCUT2D eigenvalue weighted by Gasteiger charge is 2.41. The van der Waals surface area contributed by atoms with Crippen molar-refractivity contribution in [1.29, 1.82) is 0 Å². The molecule has 0 bridgehead atoms. The second-order valence-corrected chi connectivity index (χ2v) is 5.84. The molecule has 2 aromatic rings. The van der Waals surface area contributed by atoms with Crippen molar-refractivity contribution < 1.29 is 5.11 Å². The Morgan fingerprint density at radius 1 is 0.826 bits per heavy atom. The Morgan fingerprint density at radius 2 is 1.26 bits per heavy atom. The third-order valence-corrected chi connectivity index (χ3v) is 4.40. The van der Waals surface area contributed by atoms with Crippen LogP contribution in [0, 0.1) is 0 Å². The first-order valence-electron chi connectivity index (χ1n) is 7.95. The topological polar surface area (TPSA) is 39.1 Å². The summed E-state index contributed by atoms with van der Waals surface area (Å²) in [5, 5.41) is 9.12. The number of aliphatic hydroxyl groups excluding tert-OH is 1. The van der Waals surface area contributed by atoms with Crippen LogP contribution >= 0.6 is 0 Å². The lowest BCUT2D eigenvalue weighted by Crippen LogP contribution is -2.29. The van der Waals surface area contributed by atoms with Crippen LogP contribution in [-0.4, -0.2) is 48.1 Å². The van der Waals surface area contributed by atoms with Crippen LogP contribution in [0.15, 0.2) is 65.7 Å². The average Bonchev–Trinajstić information content (AvgIpc) is 2.85. The van der Waals surface area contributed by atoms with E-state index in [0.717, 1.165) is 5.96 Å². The number of hydrogen-bond acceptors (Lipinski definition) is 2. The number of aliphatic imine (C=N–C) groups is 1. The van der Waals surface area contributed by atoms with Gasteiger partial charge in [-0.1, -0.05) is 60.7 Å². The van der Waals surface area contributed by atoms with Gasteiger partial charge in [0, 0.05) is 14.1 Å². The predicted octanol–water partition coefficient (Wildman–Crippen LogP) is 2.69. The fourth-order valence-corrected chi connectivity index (χ4v) is 3.41. The zero-order valence-electron chi connectivity index (χ0n) is 13.6. The molecule has 0 saturated carbocycles. The van der Waals surface area contributed by atoms with Crippen LogP contribution in [0.25, 0.3) is 0 Å². The van der Waals surface area contributed by atoms with Crippen LogP contribution in [-0.2, 0) is 0 Å². The molecule has 0 unspecified atom stereocenters. The van der Waals surface area contributed by atoms with E-state index < -0.39 is 0 Å². The van der Waals surface area contributed by atoms with E-state index in [4.69, 9.17) is 5.11 Å². The average molecular weight is 309 g/mol. The standard InChI is InChI=1S/C19H23N3O/c1-21-17(15-9-5-3-6-10-15)18(16-11-7-4-8-12-16)22(2)19(21)20-13-14-23/h3-12,17-18,23H,13-14H2,1-2H3/t17-,18-/m0/s1. The molecule has 2 aromatic carbocycles. The van der Waals surface area contributed by atoms with Crippen molar-refractivity contribution in [1.82, 2.24) is 9.80 Å². The maximum Gasteiger partial charge on any atom is 0.197 e. The van der Waals surface area contributed by atoms with Crippen molar-refractivity contribution in [3.63, 3.8) is 0 Å². The Balaban J connectivity index is 2.06. The van der Waals surface area contributed by atoms with Gasteiger partial charge in [-0.3, -0.25) is 4.99 Å². The Bertz CT molecular complexity index is 603. The molecule has 0 radical (unpaired) electrons. The summed E-state index contributed by atoms with van der Waals surface area (Å²) < 4.78 is 0. The highest BCUT2D eigenvalue weighted by Crippen LogP contribution is 2.43. The molecule has 1 fully saturated rings. The Hall–Kier alpha value is -2.33. The highest BCUT2D eigenvalue weighted by atomic mass is 16.3. The highest BCUT2D eigenvalue weighted by molar-refractivity contribution is 5.83. The first-order chi connectivity index (χ1) is 11.2. The summed E-state index contributed by atoms with van der Waals surface area (Å²) >= 11 is 0. The summed E-state index contributed by atoms with van der Waals surface area (Å²) in [7, 11) is 4.15. The Kier molecular flexibility index (Phi) is 4.63. The molecule has 23 heavy (non-hydrogen) atoms. The van der Waals surface area contributed by atoms with Gasteiger partial charge in [-0.05, 0) is 11.1 Å². The molecule has 1 aliphatic rings. The third-order valence-electron chi connectivity index (χ3n) is 4.40. The molecular formula is C19H23N3O. The summed E-state index contributed by atoms with van der Waals surface area (Å²) in [6.07, 6.45) is 0. The van der Waals surface area contributed by atoms with Crippen LogP contribution < -0.4 is 0 Å². The van der Waals surface area contributed by atoms with E-state index >= 15 is 0 Å². The number of hydrogen-bond donors (Lipinski definition) is 1. The molecule has 0 amide bonds. The van der Waals surface area contributed by atoms with Crippen molar-refractivity contribution >= 4 is 5.96 Å². The minimum Gasteiger partial charge on any atom is -0.394 e. The first-order valence-corrected chi connectivity index (χ1v) is 7.95. The molecule has 1 aliphatic heterocycles. The maximum atomic E-state index is 9.12. The number of benzene rings is 2. The van der Waals surface area contributed by atoms with Crippen LogP contribution in [0.1, 0.15) is 23.2 Å². The first kappa shape index (κ1) is 15.6. The predicted molar refractivity (Wildman–Crippen MR) is 93.3 cm³/mol. The summed E-state index contributed by atoms with van der Waals surface area (Å²) in [5.41, 5.74) is 2.54. The van der Waals surface area contributed by atoms with E-state index in [1.165, 1.54) is 11.1 Å². The molecule has 1 heterocycles. The van der Waals surface area contributed by atoms with Gasteiger partial charge in [-0.15, -0.1) is 0 Å². The molecule has 0 aliphatic carbocycles. The van der Waals surface area contributed by atoms with Gasteiger partial charge in [-0.2, -0.15) is 0 Å². The third kappa shape index (κ3) is 2.94. The van der Waals surface area contributed by atoms with Crippen molar-refractivity contribution in [2.24, 2.45) is 4.99 Å². The Morgan fingerprint density at radius 3 is 1.65 bits per heavy atom. The van der Waals surface area contributed by atoms with Gasteiger partial charge < -0.3 is 14.9 Å². The largest absolute Gasteiger partial charge is 0.394 e. The number of guanidine groups is 1. The second kappa shape index (κ2) is 6.84. The minimum atomic E-state index is 0.0667. The zero-order valence-corrected chi connectivity index (χ0v) is 13.6. The number of rotatable bonds is 4. The quantitative estimate of drug-likeness (QED) is 0.944. The number of likely N-dealkylation sites (N-methyl/N-ethyl adjacent to an activating group) is 2. The van der Waals surface area contributed by atoms with Gasteiger partial charge in [0.15, 0.2) is 5.96 Å². The monoisotopic (exact) mass is 309 g/mol. The molecule has 0 aromatic heterocycles. The van der Waals surface area contributed by atoms with Crippen LogP contribution in [0.4, 0.5) is 0 Å². The molecule has 2 atom stereocenters. The van der Waals surface area contributed by atoms with Gasteiger partial charge >= 0.3 is 0 Å². The van der Waals surface area contributed by atoms with E-state index in [9.17, 15) is 0 Å². The van der Waals surface area contributed by atoms with E-state index in [2.05, 4.69) is 77.4 Å². The summed E-state index contributed by atoms with van der Waals surface area (Å²) in [6.45, 7) is 0.490. The van der Waals surface area contributed by atoms with Crippen molar-refractivity contribution in [3.05, 3.63) is 71.8 Å². The molecule has 120 valence electrons. The lowest BCUT2D eigenvalue weighted by molar-refractivity contribution is 0.305. The molecule has 0 spiro atoms. The molecule has 4 heteroatoms. The lowest BCUT2D eigenvalue weighted by atomic mass is 9.93. The molecule has 3 rings (SSSR count). The van der Waals surface area contributed by atoms with Gasteiger partial charge in [0.25, 0.3) is 0 Å². The minimum absolute atomic E-state index is 0.0667. The van der Waals surface area contributed by atoms with Crippen LogP contribution in [0.3, 0.4) is 0 Å². The fraction of sp³-hybridized carbons (Fsp3) is 0.316. The van der Waals surface area contributed by atoms with E-state index in [1.54, 1.807) is 0 Å². The molecule has 1 N–H and O–H groups in total. The van der Waals surface area contributed by atoms with Gasteiger partial charge in [0.2, 0.25) is 0 Å². The lowest BCUT2D eigenvalue weighted by Gasteiger charge is -2.26. The molecule has 1 saturated heterocycles. The van der Waals surface area contributed by atoms with Gasteiger partial charge in [-0.25, -0.2) is 0 Å². The van der Waals surface area contributed by atoms with Gasteiger partial charge in [0.05, 0.1) is 25.2 Å². The maximum absolute atomic E-state index is 9.12. The van der Waals surface area contributed by atoms with E-state index in [-0.39, 0.29) is 18.7 Å². The van der Waals surface area contributed by atoms with Crippen LogP contribution in [0.2, 0.25) is 0 Å². The van der Waals surface area contributed by atoms with E-state index in [0.29, 0.717) is 6.54 Å². The van der Waals surface area contributed by atoms with Crippen molar-refractivity contribution in [3.8, 4) is 0 Å².